The van der Waals surface area contributed by atoms with Crippen molar-refractivity contribution in [2.24, 2.45) is 0 Å². The number of rotatable bonds is 4. The van der Waals surface area contributed by atoms with Crippen molar-refractivity contribution in [3.8, 4) is 5.69 Å². The summed E-state index contributed by atoms with van der Waals surface area (Å²) in [5, 5.41) is 18.2. The SMILES string of the molecule is c1ccc2nn(-c3ccc(N(c4ccc5ccc6c7ccccc7oc6c5c4)c4ccc5ccc6c7ccccc7oc6c5c4)cc3)nc2c1. The number of para-hydroxylation sites is 2. The lowest BCUT2D eigenvalue weighted by Crippen LogP contribution is -2.10. The van der Waals surface area contributed by atoms with Crippen molar-refractivity contribution >= 4 is 93.5 Å². The van der Waals surface area contributed by atoms with E-state index in [9.17, 15) is 0 Å². The third kappa shape index (κ3) is 4.02. The summed E-state index contributed by atoms with van der Waals surface area (Å²) >= 11 is 0. The van der Waals surface area contributed by atoms with Crippen LogP contribution >= 0.6 is 0 Å². The summed E-state index contributed by atoms with van der Waals surface area (Å²) in [7, 11) is 0. The molecule has 0 fully saturated rings. The van der Waals surface area contributed by atoms with Gasteiger partial charge in [0, 0.05) is 49.4 Å². The number of benzene rings is 8. The molecular formula is C44H26N4O2. The first-order valence-electron chi connectivity index (χ1n) is 16.7. The summed E-state index contributed by atoms with van der Waals surface area (Å²) in [4.78, 5) is 3.99. The Labute approximate surface area is 285 Å². The molecule has 3 aromatic heterocycles. The minimum atomic E-state index is 0.860. The molecule has 0 atom stereocenters. The molecule has 0 unspecified atom stereocenters. The third-order valence-electron chi connectivity index (χ3n) is 9.83. The highest BCUT2D eigenvalue weighted by Crippen LogP contribution is 2.42. The molecule has 6 nitrogen and oxygen atoms in total. The smallest absolute Gasteiger partial charge is 0.143 e. The van der Waals surface area contributed by atoms with Gasteiger partial charge in [0.05, 0.1) is 5.69 Å². The van der Waals surface area contributed by atoms with E-state index in [-0.39, 0.29) is 0 Å². The average molecular weight is 643 g/mol. The van der Waals surface area contributed by atoms with E-state index in [2.05, 4.69) is 114 Å². The van der Waals surface area contributed by atoms with Gasteiger partial charge in [-0.15, -0.1) is 10.2 Å². The lowest BCUT2D eigenvalue weighted by atomic mass is 10.0. The average Bonchev–Trinajstić information content (AvgIpc) is 3.89. The molecule has 0 radical (unpaired) electrons. The van der Waals surface area contributed by atoms with Crippen molar-refractivity contribution in [3.05, 3.63) is 158 Å². The van der Waals surface area contributed by atoms with Gasteiger partial charge in [0.1, 0.15) is 33.4 Å². The van der Waals surface area contributed by atoms with Crippen LogP contribution in [0.25, 0.3) is 82.1 Å². The van der Waals surface area contributed by atoms with Crippen LogP contribution in [0.3, 0.4) is 0 Å². The Bertz CT molecular complexity index is 2930. The summed E-state index contributed by atoms with van der Waals surface area (Å²) in [6.07, 6.45) is 0. The van der Waals surface area contributed by atoms with Crippen LogP contribution in [0.4, 0.5) is 17.1 Å². The van der Waals surface area contributed by atoms with E-state index in [1.54, 1.807) is 4.80 Å². The molecule has 234 valence electrons. The summed E-state index contributed by atoms with van der Waals surface area (Å²) in [5.74, 6) is 0. The number of furan rings is 2. The molecule has 0 amide bonds. The fourth-order valence-electron chi connectivity index (χ4n) is 7.42. The van der Waals surface area contributed by atoms with E-state index in [0.29, 0.717) is 0 Å². The topological polar surface area (TPSA) is 60.2 Å². The van der Waals surface area contributed by atoms with Crippen LogP contribution in [-0.4, -0.2) is 15.0 Å². The van der Waals surface area contributed by atoms with Gasteiger partial charge in [-0.3, -0.25) is 0 Å². The number of fused-ring (bicyclic) bond motifs is 11. The highest BCUT2D eigenvalue weighted by molar-refractivity contribution is 6.17. The van der Waals surface area contributed by atoms with Gasteiger partial charge < -0.3 is 13.7 Å². The zero-order chi connectivity index (χ0) is 32.8. The zero-order valence-electron chi connectivity index (χ0n) is 26.6. The van der Waals surface area contributed by atoms with Gasteiger partial charge in [-0.1, -0.05) is 72.8 Å². The Morgan fingerprint density at radius 1 is 0.400 bits per heavy atom. The van der Waals surface area contributed by atoms with Crippen molar-refractivity contribution in [2.75, 3.05) is 4.90 Å². The van der Waals surface area contributed by atoms with Gasteiger partial charge in [-0.05, 0) is 95.7 Å². The molecule has 11 aromatic rings. The normalized spacial score (nSPS) is 12.0. The van der Waals surface area contributed by atoms with Crippen LogP contribution in [0.5, 0.6) is 0 Å². The standard InChI is InChI=1S/C44H26N4O2/c1-5-11-41-33(7-1)35-23-15-27-13-17-31(25-37(27)43(35)49-41)47(29-19-21-30(22-20-29)48-45-39-9-3-4-10-40(39)46-48)32-18-14-28-16-24-36-34-8-2-6-12-42(34)50-44(36)38(28)26-32/h1-26H. The minimum absolute atomic E-state index is 0.860. The fourth-order valence-corrected chi connectivity index (χ4v) is 7.42. The molecule has 0 spiro atoms. The summed E-state index contributed by atoms with van der Waals surface area (Å²) in [6, 6.07) is 54.6. The largest absolute Gasteiger partial charge is 0.455 e. The third-order valence-corrected chi connectivity index (χ3v) is 9.83. The predicted octanol–water partition coefficient (Wildman–Crippen LogP) is 12.0. The van der Waals surface area contributed by atoms with E-state index < -0.39 is 0 Å². The van der Waals surface area contributed by atoms with E-state index in [4.69, 9.17) is 19.0 Å². The monoisotopic (exact) mass is 642 g/mol. The van der Waals surface area contributed by atoms with Gasteiger partial charge in [0.15, 0.2) is 0 Å². The minimum Gasteiger partial charge on any atom is -0.455 e. The first kappa shape index (κ1) is 27.1. The lowest BCUT2D eigenvalue weighted by Gasteiger charge is -2.26. The molecule has 8 aromatic carbocycles. The molecule has 0 aliphatic rings. The number of anilines is 3. The van der Waals surface area contributed by atoms with E-state index >= 15 is 0 Å². The number of hydrogen-bond acceptors (Lipinski definition) is 5. The molecule has 0 saturated heterocycles. The lowest BCUT2D eigenvalue weighted by molar-refractivity contribution is 0.672. The van der Waals surface area contributed by atoms with Gasteiger partial charge in [0.25, 0.3) is 0 Å². The Balaban J connectivity index is 1.13. The molecule has 50 heavy (non-hydrogen) atoms. The number of nitrogens with zero attached hydrogens (tertiary/aromatic N) is 4. The summed E-state index contributed by atoms with van der Waals surface area (Å²) < 4.78 is 13.0. The van der Waals surface area contributed by atoms with Crippen LogP contribution in [0.15, 0.2) is 167 Å². The van der Waals surface area contributed by atoms with Crippen LogP contribution in [0.1, 0.15) is 0 Å². The Kier molecular flexibility index (Phi) is 5.57. The van der Waals surface area contributed by atoms with Crippen LogP contribution in [0, 0.1) is 0 Å². The van der Waals surface area contributed by atoms with Crippen LogP contribution < -0.4 is 4.90 Å². The quantitative estimate of drug-likeness (QED) is 0.191. The first-order chi connectivity index (χ1) is 24.7. The van der Waals surface area contributed by atoms with Crippen molar-refractivity contribution < 1.29 is 8.83 Å². The molecule has 0 saturated carbocycles. The maximum Gasteiger partial charge on any atom is 0.143 e. The second kappa shape index (κ2) is 10.3. The van der Waals surface area contributed by atoms with Crippen LogP contribution in [-0.2, 0) is 0 Å². The van der Waals surface area contributed by atoms with Gasteiger partial charge in [-0.25, -0.2) is 0 Å². The van der Waals surface area contributed by atoms with Gasteiger partial charge >= 0.3 is 0 Å². The highest BCUT2D eigenvalue weighted by Gasteiger charge is 2.18. The second-order valence-electron chi connectivity index (χ2n) is 12.7. The number of aromatic nitrogens is 3. The molecule has 0 N–H and O–H groups in total. The van der Waals surface area contributed by atoms with E-state index in [1.807, 2.05) is 48.5 Å². The van der Waals surface area contributed by atoms with Crippen molar-refractivity contribution in [2.45, 2.75) is 0 Å². The molecular weight excluding hydrogens is 617 g/mol. The van der Waals surface area contributed by atoms with E-state index in [0.717, 1.165) is 99.2 Å². The van der Waals surface area contributed by atoms with Gasteiger partial charge in [-0.2, -0.15) is 4.80 Å². The van der Waals surface area contributed by atoms with Crippen molar-refractivity contribution in [3.63, 3.8) is 0 Å². The van der Waals surface area contributed by atoms with Crippen molar-refractivity contribution in [1.29, 1.82) is 0 Å². The number of hydrogen-bond donors (Lipinski definition) is 0. The molecule has 0 aliphatic heterocycles. The summed E-state index contributed by atoms with van der Waals surface area (Å²) in [5.41, 5.74) is 9.18. The second-order valence-corrected chi connectivity index (χ2v) is 12.7. The first-order valence-corrected chi connectivity index (χ1v) is 16.7. The Hall–Kier alpha value is -6.92. The predicted molar refractivity (Wildman–Crippen MR) is 203 cm³/mol. The Morgan fingerprint density at radius 3 is 1.40 bits per heavy atom. The summed E-state index contributed by atoms with van der Waals surface area (Å²) in [6.45, 7) is 0. The maximum absolute atomic E-state index is 6.49. The molecule has 11 rings (SSSR count). The molecule has 0 bridgehead atoms. The zero-order valence-corrected chi connectivity index (χ0v) is 26.6. The van der Waals surface area contributed by atoms with E-state index in [1.165, 1.54) is 0 Å². The maximum atomic E-state index is 6.49. The molecule has 0 aliphatic carbocycles. The Morgan fingerprint density at radius 2 is 0.860 bits per heavy atom. The highest BCUT2D eigenvalue weighted by atomic mass is 16.3. The van der Waals surface area contributed by atoms with Crippen molar-refractivity contribution in [1.82, 2.24) is 15.0 Å². The fraction of sp³-hybridized carbons (Fsp3) is 0. The van der Waals surface area contributed by atoms with Gasteiger partial charge in [0.2, 0.25) is 0 Å². The van der Waals surface area contributed by atoms with Crippen LogP contribution in [0.2, 0.25) is 0 Å². The molecule has 6 heteroatoms. The molecule has 3 heterocycles.